The van der Waals surface area contributed by atoms with Crippen LogP contribution < -0.4 is 11.1 Å². The molecule has 0 aliphatic heterocycles. The predicted octanol–water partition coefficient (Wildman–Crippen LogP) is 2.34. The zero-order valence-corrected chi connectivity index (χ0v) is 18.4. The van der Waals surface area contributed by atoms with Gasteiger partial charge in [-0.3, -0.25) is 0 Å². The van der Waals surface area contributed by atoms with Crippen molar-refractivity contribution >= 4 is 37.1 Å². The van der Waals surface area contributed by atoms with Crippen LogP contribution in [0.25, 0.3) is 0 Å². The molecule has 11 heteroatoms. The molecule has 0 aliphatic rings. The molecule has 0 atom stereocenters. The first kappa shape index (κ1) is 23.3. The lowest BCUT2D eigenvalue weighted by molar-refractivity contribution is 0.144. The van der Waals surface area contributed by atoms with E-state index in [-0.39, 0.29) is 32.8 Å². The van der Waals surface area contributed by atoms with Crippen molar-refractivity contribution in [1.29, 1.82) is 0 Å². The van der Waals surface area contributed by atoms with Gasteiger partial charge in [0.1, 0.15) is 4.21 Å². The van der Waals surface area contributed by atoms with Gasteiger partial charge in [-0.25, -0.2) is 21.6 Å². The van der Waals surface area contributed by atoms with Gasteiger partial charge < -0.3 is 15.8 Å². The number of carbonyl (C=O) groups is 1. The highest BCUT2D eigenvalue weighted by atomic mass is 32.2. The molecule has 0 spiro atoms. The summed E-state index contributed by atoms with van der Waals surface area (Å²) in [6, 6.07) is 8.13. The van der Waals surface area contributed by atoms with E-state index in [1.807, 2.05) is 6.92 Å². The van der Waals surface area contributed by atoms with Crippen molar-refractivity contribution in [3.8, 4) is 0 Å². The molecule has 0 saturated heterocycles. The van der Waals surface area contributed by atoms with Gasteiger partial charge in [-0.2, -0.15) is 0 Å². The maximum atomic E-state index is 12.8. The second-order valence-corrected chi connectivity index (χ2v) is 11.6. The highest BCUT2D eigenvalue weighted by Crippen LogP contribution is 2.28. The summed E-state index contributed by atoms with van der Waals surface area (Å²) in [6.07, 6.45) is 1.14. The first-order valence-electron chi connectivity index (χ1n) is 8.98. The van der Waals surface area contributed by atoms with Crippen LogP contribution >= 0.6 is 11.3 Å². The van der Waals surface area contributed by atoms with E-state index in [0.29, 0.717) is 11.5 Å². The van der Waals surface area contributed by atoms with Crippen molar-refractivity contribution in [2.24, 2.45) is 5.73 Å². The van der Waals surface area contributed by atoms with E-state index in [9.17, 15) is 21.6 Å². The maximum Gasteiger partial charge on any atom is 0.407 e. The number of unbranched alkanes of at least 4 members (excludes halogenated alkanes) is 1. The molecule has 0 unspecified atom stereocenters. The third kappa shape index (κ3) is 6.26. The van der Waals surface area contributed by atoms with Gasteiger partial charge in [-0.05, 0) is 42.8 Å². The molecule has 1 amide bonds. The second kappa shape index (κ2) is 10.2. The van der Waals surface area contributed by atoms with E-state index in [2.05, 4.69) is 5.32 Å². The largest absolute Gasteiger partial charge is 0.450 e. The minimum atomic E-state index is -3.79. The number of alkyl carbamates (subject to hydrolysis) is 1. The number of sulfone groups is 2. The topological polar surface area (TPSA) is 133 Å². The molecule has 0 saturated carbocycles. The number of hydrogen-bond donors (Lipinski definition) is 2. The fraction of sp³-hybridized carbons (Fsp3) is 0.389. The SMILES string of the molecule is CCCCOC(=O)NCc1ccc(S(=O)(=O)c2ccc(S(=O)(=O)CCN)cc2)s1. The molecule has 0 aliphatic carbocycles. The quantitative estimate of drug-likeness (QED) is 0.520. The lowest BCUT2D eigenvalue weighted by Crippen LogP contribution is -2.23. The molecule has 8 nitrogen and oxygen atoms in total. The molecule has 29 heavy (non-hydrogen) atoms. The van der Waals surface area contributed by atoms with Crippen LogP contribution in [0, 0.1) is 0 Å². The zero-order valence-electron chi connectivity index (χ0n) is 16.0. The van der Waals surface area contributed by atoms with Crippen molar-refractivity contribution in [2.45, 2.75) is 40.3 Å². The Kier molecular flexibility index (Phi) is 8.20. The number of benzene rings is 1. The number of nitrogens with two attached hydrogens (primary N) is 1. The van der Waals surface area contributed by atoms with Gasteiger partial charge >= 0.3 is 6.09 Å². The number of ether oxygens (including phenoxy) is 1. The monoisotopic (exact) mass is 460 g/mol. The number of amides is 1. The molecule has 1 heterocycles. The third-order valence-electron chi connectivity index (χ3n) is 3.92. The summed E-state index contributed by atoms with van der Waals surface area (Å²) in [5, 5.41) is 2.58. The molecule has 160 valence electrons. The Morgan fingerprint density at radius 1 is 1.07 bits per heavy atom. The first-order valence-corrected chi connectivity index (χ1v) is 12.9. The fourth-order valence-electron chi connectivity index (χ4n) is 2.33. The highest BCUT2D eigenvalue weighted by molar-refractivity contribution is 7.93. The summed E-state index contributed by atoms with van der Waals surface area (Å²) in [7, 11) is -7.32. The average Bonchev–Trinajstić information content (AvgIpc) is 3.17. The van der Waals surface area contributed by atoms with Crippen LogP contribution in [0.4, 0.5) is 4.79 Å². The van der Waals surface area contributed by atoms with Crippen LogP contribution in [-0.2, 0) is 31.0 Å². The average molecular weight is 461 g/mol. The van der Waals surface area contributed by atoms with E-state index in [1.54, 1.807) is 6.07 Å². The third-order valence-corrected chi connectivity index (χ3v) is 9.03. The van der Waals surface area contributed by atoms with E-state index < -0.39 is 25.8 Å². The lowest BCUT2D eigenvalue weighted by atomic mass is 10.4. The molecule has 0 bridgehead atoms. The normalized spacial score (nSPS) is 11.9. The van der Waals surface area contributed by atoms with Gasteiger partial charge in [0.25, 0.3) is 0 Å². The van der Waals surface area contributed by atoms with Crippen LogP contribution in [0.15, 0.2) is 50.4 Å². The Labute approximate surface area is 174 Å². The van der Waals surface area contributed by atoms with Crippen molar-refractivity contribution < 1.29 is 26.4 Å². The number of thiophene rings is 1. The van der Waals surface area contributed by atoms with Crippen molar-refractivity contribution in [1.82, 2.24) is 5.32 Å². The van der Waals surface area contributed by atoms with E-state index in [4.69, 9.17) is 10.5 Å². The Hall–Kier alpha value is -1.95. The summed E-state index contributed by atoms with van der Waals surface area (Å²) >= 11 is 1.03. The summed E-state index contributed by atoms with van der Waals surface area (Å²) in [4.78, 5) is 12.2. The van der Waals surface area contributed by atoms with Gasteiger partial charge in [-0.1, -0.05) is 13.3 Å². The maximum absolute atomic E-state index is 12.8. The standard InChI is InChI=1S/C18H24N2O6S3/c1-2-3-11-26-18(21)20-13-14-4-9-17(27-14)29(24,25)16-7-5-15(6-8-16)28(22,23)12-10-19/h4-9H,2-3,10-13,19H2,1H3,(H,20,21). The van der Waals surface area contributed by atoms with Gasteiger partial charge in [0, 0.05) is 11.4 Å². The number of nitrogens with one attached hydrogen (secondary N) is 1. The molecule has 2 aromatic rings. The highest BCUT2D eigenvalue weighted by Gasteiger charge is 2.21. The molecule has 1 aromatic carbocycles. The van der Waals surface area contributed by atoms with E-state index >= 15 is 0 Å². The molecule has 3 N–H and O–H groups in total. The van der Waals surface area contributed by atoms with Gasteiger partial charge in [0.05, 0.1) is 28.7 Å². The Morgan fingerprint density at radius 3 is 2.34 bits per heavy atom. The van der Waals surface area contributed by atoms with Crippen LogP contribution in [-0.4, -0.2) is 41.8 Å². The summed E-state index contributed by atoms with van der Waals surface area (Å²) < 4.78 is 54.6. The Balaban J connectivity index is 2.08. The predicted molar refractivity (Wildman–Crippen MR) is 110 cm³/mol. The van der Waals surface area contributed by atoms with E-state index in [0.717, 1.165) is 24.2 Å². The minimum absolute atomic E-state index is 0.00969. The molecule has 0 fully saturated rings. The smallest absolute Gasteiger partial charge is 0.407 e. The van der Waals surface area contributed by atoms with Crippen molar-refractivity contribution in [3.63, 3.8) is 0 Å². The van der Waals surface area contributed by atoms with Crippen molar-refractivity contribution in [3.05, 3.63) is 41.3 Å². The van der Waals surface area contributed by atoms with Gasteiger partial charge in [-0.15, -0.1) is 11.3 Å². The summed E-state index contributed by atoms with van der Waals surface area (Å²) in [5.41, 5.74) is 5.30. The Morgan fingerprint density at radius 2 is 1.72 bits per heavy atom. The lowest BCUT2D eigenvalue weighted by Gasteiger charge is -2.06. The van der Waals surface area contributed by atoms with Gasteiger partial charge in [0.2, 0.25) is 9.84 Å². The second-order valence-electron chi connectivity index (χ2n) is 6.15. The summed E-state index contributed by atoms with van der Waals surface area (Å²) in [6.45, 7) is 2.47. The van der Waals surface area contributed by atoms with E-state index in [1.165, 1.54) is 30.3 Å². The fourth-order valence-corrected chi connectivity index (χ4v) is 6.13. The van der Waals surface area contributed by atoms with Crippen LogP contribution in [0.1, 0.15) is 24.6 Å². The molecule has 2 rings (SSSR count). The Bertz CT molecular complexity index is 1030. The molecular formula is C18H24N2O6S3. The number of rotatable bonds is 10. The van der Waals surface area contributed by atoms with Crippen molar-refractivity contribution in [2.75, 3.05) is 18.9 Å². The van der Waals surface area contributed by atoms with Crippen LogP contribution in [0.3, 0.4) is 0 Å². The number of carbonyl (C=O) groups excluding carboxylic acids is 1. The number of hydrogen-bond acceptors (Lipinski definition) is 8. The van der Waals surface area contributed by atoms with Crippen LogP contribution in [0.5, 0.6) is 0 Å². The van der Waals surface area contributed by atoms with Gasteiger partial charge in [0.15, 0.2) is 9.84 Å². The minimum Gasteiger partial charge on any atom is -0.450 e. The summed E-state index contributed by atoms with van der Waals surface area (Å²) in [5.74, 6) is -0.207. The zero-order chi connectivity index (χ0) is 21.5. The molecule has 1 aromatic heterocycles. The van der Waals surface area contributed by atoms with Crippen LogP contribution in [0.2, 0.25) is 0 Å². The molecular weight excluding hydrogens is 436 g/mol. The molecule has 0 radical (unpaired) electrons. The first-order chi connectivity index (χ1) is 13.7.